The number of halogens is 8. The van der Waals surface area contributed by atoms with E-state index in [0.717, 1.165) is 0 Å². The Balaban J connectivity index is 2.84. The summed E-state index contributed by atoms with van der Waals surface area (Å²) in [5.41, 5.74) is 0. The normalized spacial score (nSPS) is 32.0. The minimum absolute atomic E-state index is 0.418. The van der Waals surface area contributed by atoms with Crippen LogP contribution in [0, 0.1) is 0 Å². The summed E-state index contributed by atoms with van der Waals surface area (Å²) in [5, 5.41) is 0. The van der Waals surface area contributed by atoms with Gasteiger partial charge in [-0.25, -0.2) is 4.39 Å². The van der Waals surface area contributed by atoms with E-state index in [2.05, 4.69) is 4.74 Å². The van der Waals surface area contributed by atoms with Crippen LogP contribution in [0.1, 0.15) is 0 Å². The molecule has 94 valence electrons. The molecule has 0 aromatic heterocycles. The minimum atomic E-state index is -5.37. The van der Waals surface area contributed by atoms with E-state index in [0.29, 0.717) is 0 Å². The smallest absolute Gasteiger partial charge is 0.328 e. The topological polar surface area (TPSA) is 9.23 Å². The molecule has 1 atom stereocenters. The first-order valence-corrected chi connectivity index (χ1v) is 3.77. The molecule has 0 aromatic rings. The zero-order chi connectivity index (χ0) is 12.8. The van der Waals surface area contributed by atoms with Gasteiger partial charge in [-0.2, -0.15) is 30.7 Å². The van der Waals surface area contributed by atoms with Gasteiger partial charge in [0, 0.05) is 0 Å². The van der Waals surface area contributed by atoms with Gasteiger partial charge in [0.25, 0.3) is 5.85 Å². The van der Waals surface area contributed by atoms with Gasteiger partial charge < -0.3 is 4.74 Å². The lowest BCUT2D eigenvalue weighted by atomic mass is 10.1. The summed E-state index contributed by atoms with van der Waals surface area (Å²) in [4.78, 5) is 0. The van der Waals surface area contributed by atoms with Gasteiger partial charge in [-0.3, -0.25) is 0 Å². The predicted molar refractivity (Wildman–Crippen MR) is 34.9 cm³/mol. The molecule has 16 heavy (non-hydrogen) atoms. The van der Waals surface area contributed by atoms with Gasteiger partial charge in [-0.15, -0.1) is 0 Å². The first kappa shape index (κ1) is 13.2. The Labute approximate surface area is 83.7 Å². The Morgan fingerprint density at radius 2 is 1.44 bits per heavy atom. The van der Waals surface area contributed by atoms with Crippen LogP contribution in [-0.2, 0) is 4.74 Å². The van der Waals surface area contributed by atoms with Crippen LogP contribution in [0.5, 0.6) is 0 Å². The van der Waals surface area contributed by atoms with Crippen LogP contribution >= 0.6 is 0 Å². The standard InChI is InChI=1S/C7H4F8O/c8-4(9)1-2-5(10,7(4,14)15)16-3-6(11,12)13/h1-2H,3H2. The van der Waals surface area contributed by atoms with Gasteiger partial charge in [-0.1, -0.05) is 0 Å². The van der Waals surface area contributed by atoms with Crippen molar-refractivity contribution in [1.29, 1.82) is 0 Å². The zero-order valence-corrected chi connectivity index (χ0v) is 7.29. The quantitative estimate of drug-likeness (QED) is 0.545. The maximum atomic E-state index is 13.1. The summed E-state index contributed by atoms with van der Waals surface area (Å²) >= 11 is 0. The van der Waals surface area contributed by atoms with Crippen molar-refractivity contribution in [2.45, 2.75) is 23.9 Å². The second-order valence-corrected chi connectivity index (χ2v) is 3.08. The van der Waals surface area contributed by atoms with Crippen molar-refractivity contribution in [3.8, 4) is 0 Å². The molecular formula is C7H4F8O. The molecule has 0 fully saturated rings. The van der Waals surface area contributed by atoms with Crippen molar-refractivity contribution < 1.29 is 39.9 Å². The van der Waals surface area contributed by atoms with Gasteiger partial charge in [0.15, 0.2) is 0 Å². The summed E-state index contributed by atoms with van der Waals surface area (Å²) in [5.74, 6) is -14.7. The lowest BCUT2D eigenvalue weighted by molar-refractivity contribution is -0.322. The third-order valence-corrected chi connectivity index (χ3v) is 1.80. The number of alkyl halides is 8. The lowest BCUT2D eigenvalue weighted by Crippen LogP contribution is -2.52. The summed E-state index contributed by atoms with van der Waals surface area (Å²) in [6, 6.07) is 0. The predicted octanol–water partition coefficient (Wildman–Crippen LogP) is 3.07. The average molecular weight is 256 g/mol. The second-order valence-electron chi connectivity index (χ2n) is 3.08. The Kier molecular flexibility index (Phi) is 2.74. The molecule has 1 aliphatic rings. The molecule has 0 amide bonds. The molecule has 1 nitrogen and oxygen atoms in total. The largest absolute Gasteiger partial charge is 0.411 e. The second kappa shape index (κ2) is 3.31. The van der Waals surface area contributed by atoms with Crippen LogP contribution in [-0.4, -0.2) is 30.5 Å². The van der Waals surface area contributed by atoms with E-state index in [4.69, 9.17) is 0 Å². The molecule has 0 aliphatic heterocycles. The van der Waals surface area contributed by atoms with Crippen LogP contribution in [0.2, 0.25) is 0 Å². The summed E-state index contributed by atoms with van der Waals surface area (Å²) in [6.07, 6.45) is -6.04. The van der Waals surface area contributed by atoms with Crippen molar-refractivity contribution in [3.63, 3.8) is 0 Å². The first-order valence-electron chi connectivity index (χ1n) is 3.77. The van der Waals surface area contributed by atoms with Crippen LogP contribution in [0.4, 0.5) is 35.1 Å². The van der Waals surface area contributed by atoms with Gasteiger partial charge in [0.2, 0.25) is 0 Å². The van der Waals surface area contributed by atoms with Gasteiger partial charge >= 0.3 is 18.0 Å². The van der Waals surface area contributed by atoms with Crippen molar-refractivity contribution in [3.05, 3.63) is 12.2 Å². The SMILES string of the molecule is FC(F)(F)COC1(F)C=CC(F)(F)C1(F)F. The summed E-state index contributed by atoms with van der Waals surface area (Å²) < 4.78 is 101. The molecular weight excluding hydrogens is 252 g/mol. The minimum Gasteiger partial charge on any atom is -0.328 e. The molecule has 0 bridgehead atoms. The molecule has 0 heterocycles. The van der Waals surface area contributed by atoms with E-state index in [1.807, 2.05) is 0 Å². The average Bonchev–Trinajstić information content (AvgIpc) is 2.23. The molecule has 0 saturated carbocycles. The van der Waals surface area contributed by atoms with E-state index in [-0.39, 0.29) is 0 Å². The Morgan fingerprint density at radius 3 is 1.75 bits per heavy atom. The zero-order valence-electron chi connectivity index (χ0n) is 7.29. The molecule has 1 unspecified atom stereocenters. The van der Waals surface area contributed by atoms with Crippen molar-refractivity contribution >= 4 is 0 Å². The van der Waals surface area contributed by atoms with Gasteiger partial charge in [0.05, 0.1) is 0 Å². The van der Waals surface area contributed by atoms with Crippen molar-refractivity contribution in [2.24, 2.45) is 0 Å². The Hall–Kier alpha value is -0.860. The fourth-order valence-corrected chi connectivity index (χ4v) is 0.974. The first-order chi connectivity index (χ1) is 6.91. The monoisotopic (exact) mass is 256 g/mol. The van der Waals surface area contributed by atoms with Crippen LogP contribution in [0.3, 0.4) is 0 Å². The summed E-state index contributed by atoms with van der Waals surface area (Å²) in [6.45, 7) is -2.39. The number of hydrogen-bond acceptors (Lipinski definition) is 1. The fourth-order valence-electron chi connectivity index (χ4n) is 0.974. The molecule has 0 saturated heterocycles. The molecule has 0 aromatic carbocycles. The van der Waals surface area contributed by atoms with E-state index < -0.39 is 42.6 Å². The number of allylic oxidation sites excluding steroid dienone is 1. The highest BCUT2D eigenvalue weighted by Gasteiger charge is 2.73. The van der Waals surface area contributed by atoms with E-state index >= 15 is 0 Å². The van der Waals surface area contributed by atoms with Crippen LogP contribution in [0.25, 0.3) is 0 Å². The summed E-state index contributed by atoms with van der Waals surface area (Å²) in [7, 11) is 0. The highest BCUT2D eigenvalue weighted by atomic mass is 19.4. The van der Waals surface area contributed by atoms with Gasteiger partial charge in [0.1, 0.15) is 6.61 Å². The third kappa shape index (κ3) is 2.00. The van der Waals surface area contributed by atoms with Crippen molar-refractivity contribution in [2.75, 3.05) is 6.61 Å². The van der Waals surface area contributed by atoms with Crippen LogP contribution in [0.15, 0.2) is 12.2 Å². The van der Waals surface area contributed by atoms with Crippen LogP contribution < -0.4 is 0 Å². The fraction of sp³-hybridized carbons (Fsp3) is 0.714. The van der Waals surface area contributed by atoms with E-state index in [1.165, 1.54) is 0 Å². The number of ether oxygens (including phenoxy) is 1. The van der Waals surface area contributed by atoms with E-state index in [9.17, 15) is 35.1 Å². The molecule has 9 heteroatoms. The highest BCUT2D eigenvalue weighted by Crippen LogP contribution is 2.51. The number of rotatable bonds is 2. The van der Waals surface area contributed by atoms with E-state index in [1.54, 1.807) is 0 Å². The van der Waals surface area contributed by atoms with Crippen molar-refractivity contribution in [1.82, 2.24) is 0 Å². The third-order valence-electron chi connectivity index (χ3n) is 1.80. The Bertz CT molecular complexity index is 306. The van der Waals surface area contributed by atoms with Gasteiger partial charge in [-0.05, 0) is 12.2 Å². The number of hydrogen-bond donors (Lipinski definition) is 0. The lowest BCUT2D eigenvalue weighted by Gasteiger charge is -2.29. The molecule has 0 N–H and O–H groups in total. The maximum Gasteiger partial charge on any atom is 0.411 e. The Morgan fingerprint density at radius 1 is 0.938 bits per heavy atom. The molecule has 1 rings (SSSR count). The molecule has 0 radical (unpaired) electrons. The molecule has 0 spiro atoms. The highest BCUT2D eigenvalue weighted by molar-refractivity contribution is 5.23. The maximum absolute atomic E-state index is 13.1. The molecule has 1 aliphatic carbocycles.